The third kappa shape index (κ3) is 1.51. The number of hydrogen-bond donors (Lipinski definition) is 2. The Morgan fingerprint density at radius 1 is 1.23 bits per heavy atom. The van der Waals surface area contributed by atoms with Crippen molar-refractivity contribution < 1.29 is 5.11 Å². The van der Waals surface area contributed by atoms with Crippen LogP contribution < -0.4 is 5.73 Å². The Hall–Kier alpha value is -1.48. The molecule has 13 heavy (non-hydrogen) atoms. The van der Waals surface area contributed by atoms with Gasteiger partial charge >= 0.3 is 0 Å². The maximum Gasteiger partial charge on any atom is 0.116 e. The molecule has 2 rings (SSSR count). The molecule has 0 aliphatic heterocycles. The van der Waals surface area contributed by atoms with Gasteiger partial charge in [-0.2, -0.15) is 0 Å². The van der Waals surface area contributed by atoms with E-state index in [1.165, 1.54) is 11.3 Å². The number of anilines is 1. The molecule has 0 unspecified atom stereocenters. The van der Waals surface area contributed by atoms with Gasteiger partial charge in [-0.15, -0.1) is 11.3 Å². The summed E-state index contributed by atoms with van der Waals surface area (Å²) in [4.78, 5) is 0. The Morgan fingerprint density at radius 3 is 2.69 bits per heavy atom. The third-order valence-corrected chi connectivity index (χ3v) is 2.60. The van der Waals surface area contributed by atoms with Gasteiger partial charge in [0.1, 0.15) is 5.75 Å². The smallest absolute Gasteiger partial charge is 0.116 e. The third-order valence-electron chi connectivity index (χ3n) is 1.85. The zero-order chi connectivity index (χ0) is 9.26. The van der Waals surface area contributed by atoms with Crippen LogP contribution in [0.15, 0.2) is 35.7 Å². The van der Waals surface area contributed by atoms with E-state index in [0.29, 0.717) is 0 Å². The Balaban J connectivity index is 2.53. The van der Waals surface area contributed by atoms with E-state index < -0.39 is 0 Å². The van der Waals surface area contributed by atoms with E-state index in [1.54, 1.807) is 12.1 Å². The van der Waals surface area contributed by atoms with Gasteiger partial charge in [0, 0.05) is 5.56 Å². The van der Waals surface area contributed by atoms with Crippen LogP contribution in [0.5, 0.6) is 5.75 Å². The van der Waals surface area contributed by atoms with Gasteiger partial charge in [-0.1, -0.05) is 12.1 Å². The van der Waals surface area contributed by atoms with E-state index in [-0.39, 0.29) is 5.75 Å². The SMILES string of the molecule is Nc1sccc1-c1cccc(O)c1. The van der Waals surface area contributed by atoms with Gasteiger partial charge in [0.15, 0.2) is 0 Å². The minimum absolute atomic E-state index is 0.267. The molecule has 0 amide bonds. The second-order valence-electron chi connectivity index (χ2n) is 2.75. The summed E-state index contributed by atoms with van der Waals surface area (Å²) < 4.78 is 0. The fourth-order valence-electron chi connectivity index (χ4n) is 1.23. The minimum atomic E-state index is 0.267. The highest BCUT2D eigenvalue weighted by Crippen LogP contribution is 2.31. The van der Waals surface area contributed by atoms with E-state index in [9.17, 15) is 5.11 Å². The summed E-state index contributed by atoms with van der Waals surface area (Å²) in [5.41, 5.74) is 7.70. The van der Waals surface area contributed by atoms with Crippen molar-refractivity contribution in [3.63, 3.8) is 0 Å². The second kappa shape index (κ2) is 3.11. The molecule has 0 atom stereocenters. The quantitative estimate of drug-likeness (QED) is 0.728. The van der Waals surface area contributed by atoms with Crippen molar-refractivity contribution in [1.29, 1.82) is 0 Å². The van der Waals surface area contributed by atoms with Crippen molar-refractivity contribution in [1.82, 2.24) is 0 Å². The van der Waals surface area contributed by atoms with Crippen LogP contribution in [0.4, 0.5) is 5.00 Å². The standard InChI is InChI=1S/C10H9NOS/c11-10-9(4-5-13-10)7-2-1-3-8(12)6-7/h1-6,12H,11H2. The van der Waals surface area contributed by atoms with Crippen LogP contribution >= 0.6 is 11.3 Å². The normalized spacial score (nSPS) is 10.2. The molecular weight excluding hydrogens is 182 g/mol. The highest BCUT2D eigenvalue weighted by atomic mass is 32.1. The molecule has 0 bridgehead atoms. The fourth-order valence-corrected chi connectivity index (χ4v) is 1.90. The number of phenolic OH excluding ortho intramolecular Hbond substituents is 1. The predicted molar refractivity (Wildman–Crippen MR) is 55.8 cm³/mol. The molecule has 0 spiro atoms. The van der Waals surface area contributed by atoms with Gasteiger partial charge in [0.2, 0.25) is 0 Å². The second-order valence-corrected chi connectivity index (χ2v) is 3.70. The van der Waals surface area contributed by atoms with E-state index in [2.05, 4.69) is 0 Å². The van der Waals surface area contributed by atoms with Gasteiger partial charge in [-0.3, -0.25) is 0 Å². The Labute approximate surface area is 80.3 Å². The molecule has 0 aliphatic rings. The zero-order valence-corrected chi connectivity index (χ0v) is 7.71. The summed E-state index contributed by atoms with van der Waals surface area (Å²) in [6, 6.07) is 9.04. The number of phenols is 1. The molecule has 66 valence electrons. The maximum atomic E-state index is 9.27. The molecule has 0 radical (unpaired) electrons. The molecule has 1 heterocycles. The monoisotopic (exact) mass is 191 g/mol. The van der Waals surface area contributed by atoms with Crippen LogP contribution in [-0.2, 0) is 0 Å². The number of thiophene rings is 1. The minimum Gasteiger partial charge on any atom is -0.508 e. The molecule has 3 heteroatoms. The molecule has 0 saturated heterocycles. The van der Waals surface area contributed by atoms with Crippen molar-refractivity contribution in [3.05, 3.63) is 35.7 Å². The lowest BCUT2D eigenvalue weighted by Crippen LogP contribution is -1.82. The number of benzene rings is 1. The first kappa shape index (κ1) is 8.13. The molecular formula is C10H9NOS. The zero-order valence-electron chi connectivity index (χ0n) is 6.90. The van der Waals surface area contributed by atoms with E-state index >= 15 is 0 Å². The average Bonchev–Trinajstić information content (AvgIpc) is 2.51. The number of rotatable bonds is 1. The van der Waals surface area contributed by atoms with Crippen LogP contribution in [0.2, 0.25) is 0 Å². The van der Waals surface area contributed by atoms with Crippen molar-refractivity contribution in [2.24, 2.45) is 0 Å². The van der Waals surface area contributed by atoms with E-state index in [4.69, 9.17) is 5.73 Å². The molecule has 2 aromatic rings. The summed E-state index contributed by atoms with van der Waals surface area (Å²) in [6.45, 7) is 0. The first-order chi connectivity index (χ1) is 6.27. The lowest BCUT2D eigenvalue weighted by atomic mass is 10.1. The van der Waals surface area contributed by atoms with Gasteiger partial charge < -0.3 is 10.8 Å². The van der Waals surface area contributed by atoms with Gasteiger partial charge in [-0.05, 0) is 29.1 Å². The molecule has 0 aliphatic carbocycles. The van der Waals surface area contributed by atoms with Crippen LogP contribution in [0.1, 0.15) is 0 Å². The Morgan fingerprint density at radius 2 is 2.08 bits per heavy atom. The molecule has 0 saturated carbocycles. The Bertz CT molecular complexity index is 422. The number of nitrogen functional groups attached to an aromatic ring is 1. The van der Waals surface area contributed by atoms with Crippen LogP contribution in [0, 0.1) is 0 Å². The first-order valence-corrected chi connectivity index (χ1v) is 4.78. The molecule has 3 N–H and O–H groups in total. The molecule has 2 nitrogen and oxygen atoms in total. The lowest BCUT2D eigenvalue weighted by Gasteiger charge is -1.99. The van der Waals surface area contributed by atoms with E-state index in [1.807, 2.05) is 23.6 Å². The number of aromatic hydroxyl groups is 1. The van der Waals surface area contributed by atoms with Gasteiger partial charge in [0.25, 0.3) is 0 Å². The maximum absolute atomic E-state index is 9.27. The molecule has 0 fully saturated rings. The van der Waals surface area contributed by atoms with Crippen LogP contribution in [0.25, 0.3) is 11.1 Å². The summed E-state index contributed by atoms with van der Waals surface area (Å²) in [5.74, 6) is 0.267. The molecule has 1 aromatic heterocycles. The highest BCUT2D eigenvalue weighted by molar-refractivity contribution is 7.14. The predicted octanol–water partition coefficient (Wildman–Crippen LogP) is 2.70. The number of hydrogen-bond acceptors (Lipinski definition) is 3. The largest absolute Gasteiger partial charge is 0.508 e. The van der Waals surface area contributed by atoms with Crippen molar-refractivity contribution in [2.45, 2.75) is 0 Å². The summed E-state index contributed by atoms with van der Waals surface area (Å²) in [6.07, 6.45) is 0. The molecule has 1 aromatic carbocycles. The average molecular weight is 191 g/mol. The summed E-state index contributed by atoms with van der Waals surface area (Å²) in [7, 11) is 0. The van der Waals surface area contributed by atoms with Gasteiger partial charge in [-0.25, -0.2) is 0 Å². The van der Waals surface area contributed by atoms with Crippen LogP contribution in [0.3, 0.4) is 0 Å². The highest BCUT2D eigenvalue weighted by Gasteiger charge is 2.03. The first-order valence-electron chi connectivity index (χ1n) is 3.90. The van der Waals surface area contributed by atoms with Crippen molar-refractivity contribution >= 4 is 16.3 Å². The summed E-state index contributed by atoms with van der Waals surface area (Å²) >= 11 is 1.50. The fraction of sp³-hybridized carbons (Fsp3) is 0. The lowest BCUT2D eigenvalue weighted by molar-refractivity contribution is 0.475. The topological polar surface area (TPSA) is 46.2 Å². The Kier molecular flexibility index (Phi) is 1.94. The van der Waals surface area contributed by atoms with Gasteiger partial charge in [0.05, 0.1) is 5.00 Å². The van der Waals surface area contributed by atoms with Crippen molar-refractivity contribution in [2.75, 3.05) is 5.73 Å². The van der Waals surface area contributed by atoms with E-state index in [0.717, 1.165) is 16.1 Å². The number of nitrogens with two attached hydrogens (primary N) is 1. The van der Waals surface area contributed by atoms with Crippen LogP contribution in [-0.4, -0.2) is 5.11 Å². The van der Waals surface area contributed by atoms with Crippen molar-refractivity contribution in [3.8, 4) is 16.9 Å². The summed E-state index contributed by atoms with van der Waals surface area (Å²) in [5, 5.41) is 12.0.